The van der Waals surface area contributed by atoms with Crippen molar-refractivity contribution in [3.05, 3.63) is 42.7 Å². The summed E-state index contributed by atoms with van der Waals surface area (Å²) in [6.07, 6.45) is 7.05. The first-order valence-electron chi connectivity index (χ1n) is 5.57. The maximum Gasteiger partial charge on any atom is 0.0416 e. The van der Waals surface area contributed by atoms with Crippen molar-refractivity contribution < 1.29 is 0 Å². The highest BCUT2D eigenvalue weighted by Crippen LogP contribution is 1.98. The van der Waals surface area contributed by atoms with Crippen molar-refractivity contribution in [3.8, 4) is 0 Å². The Hall–Kier alpha value is -1.15. The highest BCUT2D eigenvalue weighted by Gasteiger charge is 1.99. The number of hydrogen-bond acceptors (Lipinski definition) is 2. The molecule has 2 nitrogen and oxygen atoms in total. The molecule has 1 aromatic rings. The number of nitrogens with zero attached hydrogens (tertiary/aromatic N) is 1. The first-order chi connectivity index (χ1) is 7.33. The molecule has 1 heterocycles. The monoisotopic (exact) mass is 204 g/mol. The minimum atomic E-state index is 0.562. The third-order valence-corrected chi connectivity index (χ3v) is 2.40. The van der Waals surface area contributed by atoms with E-state index in [0.717, 1.165) is 31.5 Å². The van der Waals surface area contributed by atoms with E-state index in [1.165, 1.54) is 0 Å². The van der Waals surface area contributed by atoms with Gasteiger partial charge in [0, 0.05) is 30.9 Å². The maximum atomic E-state index is 4.28. The smallest absolute Gasteiger partial charge is 0.0416 e. The van der Waals surface area contributed by atoms with Crippen molar-refractivity contribution in [3.63, 3.8) is 0 Å². The fourth-order valence-corrected chi connectivity index (χ4v) is 1.46. The minimum absolute atomic E-state index is 0.562. The molecule has 1 aromatic heterocycles. The van der Waals surface area contributed by atoms with E-state index < -0.39 is 0 Å². The van der Waals surface area contributed by atoms with Crippen molar-refractivity contribution in [1.82, 2.24) is 10.3 Å². The van der Waals surface area contributed by atoms with Crippen LogP contribution in [-0.2, 0) is 6.42 Å². The van der Waals surface area contributed by atoms with Gasteiger partial charge in [-0.1, -0.05) is 12.1 Å². The Kier molecular flexibility index (Phi) is 5.71. The first-order valence-corrected chi connectivity index (χ1v) is 5.57. The molecule has 0 unspecified atom stereocenters. The average Bonchev–Trinajstić information content (AvgIpc) is 2.28. The molecule has 0 aliphatic carbocycles. The van der Waals surface area contributed by atoms with Gasteiger partial charge in [-0.2, -0.15) is 0 Å². The topological polar surface area (TPSA) is 24.9 Å². The van der Waals surface area contributed by atoms with Gasteiger partial charge in [-0.15, -0.1) is 6.58 Å². The van der Waals surface area contributed by atoms with E-state index in [1.807, 2.05) is 24.4 Å². The molecule has 0 fully saturated rings. The summed E-state index contributed by atoms with van der Waals surface area (Å²) in [5, 5.41) is 3.48. The van der Waals surface area contributed by atoms with Crippen molar-refractivity contribution in [2.45, 2.75) is 32.2 Å². The lowest BCUT2D eigenvalue weighted by Gasteiger charge is -2.12. The molecule has 0 amide bonds. The standard InChI is InChI=1S/C13H20N2/c1-3-4-7-12(2)14-11-9-13-8-5-6-10-15-13/h3,5-6,8,10,12,14H,1,4,7,9,11H2,2H3/t12-/m1/s1. The fraction of sp³-hybridized carbons (Fsp3) is 0.462. The van der Waals surface area contributed by atoms with Gasteiger partial charge in [-0.3, -0.25) is 4.98 Å². The summed E-state index contributed by atoms with van der Waals surface area (Å²) < 4.78 is 0. The second-order valence-corrected chi connectivity index (χ2v) is 3.79. The summed E-state index contributed by atoms with van der Waals surface area (Å²) in [6.45, 7) is 6.93. The van der Waals surface area contributed by atoms with Crippen LogP contribution in [0.2, 0.25) is 0 Å². The van der Waals surface area contributed by atoms with Crippen LogP contribution in [0.4, 0.5) is 0 Å². The summed E-state index contributed by atoms with van der Waals surface area (Å²) in [6, 6.07) is 6.61. The number of rotatable bonds is 7. The normalized spacial score (nSPS) is 12.3. The molecule has 1 N–H and O–H groups in total. The largest absolute Gasteiger partial charge is 0.314 e. The van der Waals surface area contributed by atoms with Crippen molar-refractivity contribution >= 4 is 0 Å². The quantitative estimate of drug-likeness (QED) is 0.690. The highest BCUT2D eigenvalue weighted by atomic mass is 14.9. The molecule has 1 rings (SSSR count). The predicted molar refractivity (Wildman–Crippen MR) is 64.8 cm³/mol. The molecule has 0 aliphatic rings. The van der Waals surface area contributed by atoms with Crippen LogP contribution < -0.4 is 5.32 Å². The zero-order valence-corrected chi connectivity index (χ0v) is 9.45. The van der Waals surface area contributed by atoms with Gasteiger partial charge in [0.2, 0.25) is 0 Å². The molecule has 82 valence electrons. The lowest BCUT2D eigenvalue weighted by molar-refractivity contribution is 0.520. The number of nitrogens with one attached hydrogen (secondary N) is 1. The number of allylic oxidation sites excluding steroid dienone is 1. The summed E-state index contributed by atoms with van der Waals surface area (Å²) >= 11 is 0. The Balaban J connectivity index is 2.13. The third-order valence-electron chi connectivity index (χ3n) is 2.40. The van der Waals surface area contributed by atoms with Crippen LogP contribution in [0.15, 0.2) is 37.1 Å². The molecule has 0 saturated heterocycles. The van der Waals surface area contributed by atoms with Gasteiger partial charge in [-0.25, -0.2) is 0 Å². The molecule has 0 radical (unpaired) electrons. The zero-order chi connectivity index (χ0) is 10.9. The lowest BCUT2D eigenvalue weighted by atomic mass is 10.2. The molecule has 1 atom stereocenters. The Morgan fingerprint density at radius 2 is 2.40 bits per heavy atom. The van der Waals surface area contributed by atoms with Gasteiger partial charge < -0.3 is 5.32 Å². The van der Waals surface area contributed by atoms with Crippen LogP contribution in [0.5, 0.6) is 0 Å². The summed E-state index contributed by atoms with van der Waals surface area (Å²) in [5.74, 6) is 0. The third kappa shape index (κ3) is 5.33. The predicted octanol–water partition coefficient (Wildman–Crippen LogP) is 2.57. The molecular formula is C13H20N2. The number of aromatic nitrogens is 1. The van der Waals surface area contributed by atoms with Crippen LogP contribution in [0.3, 0.4) is 0 Å². The Morgan fingerprint density at radius 3 is 3.07 bits per heavy atom. The van der Waals surface area contributed by atoms with E-state index >= 15 is 0 Å². The van der Waals surface area contributed by atoms with Crippen molar-refractivity contribution in [2.24, 2.45) is 0 Å². The van der Waals surface area contributed by atoms with Crippen LogP contribution >= 0.6 is 0 Å². The van der Waals surface area contributed by atoms with Gasteiger partial charge in [-0.05, 0) is 31.9 Å². The first kappa shape index (κ1) is 11.9. The number of pyridine rings is 1. The average molecular weight is 204 g/mol. The van der Waals surface area contributed by atoms with Crippen LogP contribution in [0.1, 0.15) is 25.5 Å². The van der Waals surface area contributed by atoms with Gasteiger partial charge in [0.25, 0.3) is 0 Å². The summed E-state index contributed by atoms with van der Waals surface area (Å²) in [7, 11) is 0. The molecule has 0 aromatic carbocycles. The van der Waals surface area contributed by atoms with E-state index in [9.17, 15) is 0 Å². The van der Waals surface area contributed by atoms with E-state index in [4.69, 9.17) is 0 Å². The Labute approximate surface area is 92.4 Å². The minimum Gasteiger partial charge on any atom is -0.314 e. The second-order valence-electron chi connectivity index (χ2n) is 3.79. The van der Waals surface area contributed by atoms with Gasteiger partial charge >= 0.3 is 0 Å². The van der Waals surface area contributed by atoms with Gasteiger partial charge in [0.05, 0.1) is 0 Å². The second kappa shape index (κ2) is 7.18. The molecule has 0 bridgehead atoms. The van der Waals surface area contributed by atoms with E-state index in [-0.39, 0.29) is 0 Å². The van der Waals surface area contributed by atoms with E-state index in [0.29, 0.717) is 6.04 Å². The Bertz CT molecular complexity index is 269. The molecule has 0 saturated carbocycles. The van der Waals surface area contributed by atoms with Crippen LogP contribution in [0.25, 0.3) is 0 Å². The van der Waals surface area contributed by atoms with Gasteiger partial charge in [0.1, 0.15) is 0 Å². The molecule has 15 heavy (non-hydrogen) atoms. The summed E-state index contributed by atoms with van der Waals surface area (Å²) in [4.78, 5) is 4.28. The molecule has 2 heteroatoms. The zero-order valence-electron chi connectivity index (χ0n) is 9.45. The van der Waals surface area contributed by atoms with Crippen molar-refractivity contribution in [1.29, 1.82) is 0 Å². The van der Waals surface area contributed by atoms with Crippen LogP contribution in [0, 0.1) is 0 Å². The Morgan fingerprint density at radius 1 is 1.53 bits per heavy atom. The van der Waals surface area contributed by atoms with Crippen LogP contribution in [-0.4, -0.2) is 17.6 Å². The molecular weight excluding hydrogens is 184 g/mol. The SMILES string of the molecule is C=CCC[C@@H](C)NCCc1ccccn1. The van der Waals surface area contributed by atoms with Gasteiger partial charge in [0.15, 0.2) is 0 Å². The molecule has 0 spiro atoms. The van der Waals surface area contributed by atoms with E-state index in [2.05, 4.69) is 29.9 Å². The lowest BCUT2D eigenvalue weighted by Crippen LogP contribution is -2.28. The summed E-state index contributed by atoms with van der Waals surface area (Å²) in [5.41, 5.74) is 1.15. The van der Waals surface area contributed by atoms with E-state index in [1.54, 1.807) is 0 Å². The van der Waals surface area contributed by atoms with Crippen molar-refractivity contribution in [2.75, 3.05) is 6.54 Å². The number of hydrogen-bond donors (Lipinski definition) is 1. The highest BCUT2D eigenvalue weighted by molar-refractivity contribution is 5.03. The maximum absolute atomic E-state index is 4.28. The fourth-order valence-electron chi connectivity index (χ4n) is 1.46. The molecule has 0 aliphatic heterocycles.